The summed E-state index contributed by atoms with van der Waals surface area (Å²) in [6, 6.07) is 3.95. The molecule has 0 aliphatic carbocycles. The first-order valence-electron chi connectivity index (χ1n) is 6.53. The minimum absolute atomic E-state index is 0.0512. The molecule has 100 valence electrons. The van der Waals surface area contributed by atoms with E-state index >= 15 is 0 Å². The molecule has 0 spiro atoms. The van der Waals surface area contributed by atoms with Crippen LogP contribution in [0.5, 0.6) is 0 Å². The van der Waals surface area contributed by atoms with Crippen LogP contribution in [0.25, 0.3) is 0 Å². The molecule has 4 nitrogen and oxygen atoms in total. The number of aromatic nitrogens is 1. The van der Waals surface area contributed by atoms with Crippen molar-refractivity contribution in [2.45, 2.75) is 39.3 Å². The molecule has 1 aliphatic rings. The Hall–Kier alpha value is -1.13. The van der Waals surface area contributed by atoms with Crippen molar-refractivity contribution in [3.05, 3.63) is 23.4 Å². The van der Waals surface area contributed by atoms with E-state index in [0.717, 1.165) is 36.6 Å². The highest BCUT2D eigenvalue weighted by Crippen LogP contribution is 2.26. The van der Waals surface area contributed by atoms with E-state index in [1.807, 2.05) is 12.1 Å². The first kappa shape index (κ1) is 13.3. The number of aryl methyl sites for hydroxylation is 1. The Morgan fingerprint density at radius 2 is 2.22 bits per heavy atom. The molecule has 4 heteroatoms. The van der Waals surface area contributed by atoms with Gasteiger partial charge in [0.05, 0.1) is 25.4 Å². The van der Waals surface area contributed by atoms with Crippen molar-refractivity contribution in [3.63, 3.8) is 0 Å². The second-order valence-electron chi connectivity index (χ2n) is 5.35. The third-order valence-electron chi connectivity index (χ3n) is 3.39. The summed E-state index contributed by atoms with van der Waals surface area (Å²) < 4.78 is 5.53. The number of morpholine rings is 1. The van der Waals surface area contributed by atoms with Gasteiger partial charge < -0.3 is 14.7 Å². The van der Waals surface area contributed by atoms with Crippen LogP contribution >= 0.6 is 0 Å². The Morgan fingerprint density at radius 3 is 2.83 bits per heavy atom. The van der Waals surface area contributed by atoms with Gasteiger partial charge in [0.2, 0.25) is 0 Å². The van der Waals surface area contributed by atoms with E-state index in [9.17, 15) is 5.11 Å². The Balaban J connectivity index is 2.36. The maximum absolute atomic E-state index is 9.34. The molecule has 1 aromatic rings. The molecule has 1 N–H and O–H groups in total. The van der Waals surface area contributed by atoms with Crippen molar-refractivity contribution in [2.24, 2.45) is 0 Å². The smallest absolute Gasteiger partial charge is 0.129 e. The van der Waals surface area contributed by atoms with E-state index in [1.165, 1.54) is 0 Å². The third-order valence-corrected chi connectivity index (χ3v) is 3.39. The maximum Gasteiger partial charge on any atom is 0.129 e. The lowest BCUT2D eigenvalue weighted by Crippen LogP contribution is -2.53. The molecule has 2 heterocycles. The number of nitrogens with zero attached hydrogens (tertiary/aromatic N) is 2. The molecule has 0 saturated carbocycles. The fourth-order valence-electron chi connectivity index (χ4n) is 2.33. The summed E-state index contributed by atoms with van der Waals surface area (Å²) in [4.78, 5) is 6.95. The Kier molecular flexibility index (Phi) is 3.88. The van der Waals surface area contributed by atoms with E-state index < -0.39 is 0 Å². The quantitative estimate of drug-likeness (QED) is 0.887. The van der Waals surface area contributed by atoms with Gasteiger partial charge in [-0.25, -0.2) is 4.98 Å². The van der Waals surface area contributed by atoms with Crippen LogP contribution in [0.2, 0.25) is 0 Å². The van der Waals surface area contributed by atoms with E-state index in [4.69, 9.17) is 4.74 Å². The van der Waals surface area contributed by atoms with Gasteiger partial charge in [0.1, 0.15) is 5.82 Å². The number of anilines is 1. The summed E-state index contributed by atoms with van der Waals surface area (Å²) in [5.41, 5.74) is 1.91. The lowest BCUT2D eigenvalue weighted by molar-refractivity contribution is 0.0639. The molecular weight excluding hydrogens is 228 g/mol. The summed E-state index contributed by atoms with van der Waals surface area (Å²) in [6.07, 6.45) is 0.881. The van der Waals surface area contributed by atoms with Crippen LogP contribution in [0.4, 0.5) is 5.82 Å². The highest BCUT2D eigenvalue weighted by Gasteiger charge is 2.31. The number of hydrogen-bond acceptors (Lipinski definition) is 4. The van der Waals surface area contributed by atoms with Gasteiger partial charge in [0, 0.05) is 12.2 Å². The molecule has 1 saturated heterocycles. The summed E-state index contributed by atoms with van der Waals surface area (Å²) in [5, 5.41) is 9.34. The van der Waals surface area contributed by atoms with Crippen LogP contribution in [0.15, 0.2) is 12.1 Å². The van der Waals surface area contributed by atoms with Crippen LogP contribution in [-0.2, 0) is 17.8 Å². The average Bonchev–Trinajstić information content (AvgIpc) is 2.37. The molecule has 1 fully saturated rings. The van der Waals surface area contributed by atoms with Gasteiger partial charge in [0.15, 0.2) is 0 Å². The molecule has 0 unspecified atom stereocenters. The first-order valence-corrected chi connectivity index (χ1v) is 6.53. The lowest BCUT2D eigenvalue weighted by Gasteiger charge is -2.43. The van der Waals surface area contributed by atoms with Gasteiger partial charge in [0.25, 0.3) is 0 Å². The number of pyridine rings is 1. The van der Waals surface area contributed by atoms with Gasteiger partial charge in [-0.15, -0.1) is 0 Å². The number of rotatable bonds is 3. The van der Waals surface area contributed by atoms with Crippen molar-refractivity contribution in [3.8, 4) is 0 Å². The monoisotopic (exact) mass is 250 g/mol. The fraction of sp³-hybridized carbons (Fsp3) is 0.643. The summed E-state index contributed by atoms with van der Waals surface area (Å²) in [6.45, 7) is 8.74. The highest BCUT2D eigenvalue weighted by molar-refractivity contribution is 5.45. The lowest BCUT2D eigenvalue weighted by atomic mass is 10.0. The highest BCUT2D eigenvalue weighted by atomic mass is 16.5. The molecule has 1 aliphatic heterocycles. The third kappa shape index (κ3) is 2.65. The largest absolute Gasteiger partial charge is 0.392 e. The Morgan fingerprint density at radius 1 is 1.44 bits per heavy atom. The van der Waals surface area contributed by atoms with E-state index in [1.54, 1.807) is 0 Å². The van der Waals surface area contributed by atoms with Crippen LogP contribution < -0.4 is 4.90 Å². The molecule has 0 radical (unpaired) electrons. The second-order valence-corrected chi connectivity index (χ2v) is 5.35. The maximum atomic E-state index is 9.34. The van der Waals surface area contributed by atoms with Crippen LogP contribution in [0, 0.1) is 0 Å². The van der Waals surface area contributed by atoms with Crippen molar-refractivity contribution < 1.29 is 9.84 Å². The van der Waals surface area contributed by atoms with E-state index in [0.29, 0.717) is 6.61 Å². The van der Waals surface area contributed by atoms with Crippen LogP contribution in [0.1, 0.15) is 32.0 Å². The number of aliphatic hydroxyl groups is 1. The summed E-state index contributed by atoms with van der Waals surface area (Å²) in [5.74, 6) is 0.951. The zero-order chi connectivity index (χ0) is 13.2. The molecule has 1 aromatic heterocycles. The van der Waals surface area contributed by atoms with E-state index in [2.05, 4.69) is 30.7 Å². The Labute approximate surface area is 109 Å². The van der Waals surface area contributed by atoms with Gasteiger partial charge in [-0.05, 0) is 38.0 Å². The van der Waals surface area contributed by atoms with Crippen LogP contribution in [0.3, 0.4) is 0 Å². The van der Waals surface area contributed by atoms with Gasteiger partial charge in [-0.2, -0.15) is 0 Å². The minimum Gasteiger partial charge on any atom is -0.392 e. The Bertz CT molecular complexity index is 396. The van der Waals surface area contributed by atoms with Crippen molar-refractivity contribution in [2.75, 3.05) is 24.7 Å². The number of ether oxygens (including phenoxy) is 1. The minimum atomic E-state index is -0.0512. The predicted molar refractivity (Wildman–Crippen MR) is 71.8 cm³/mol. The second kappa shape index (κ2) is 5.24. The standard InChI is InChI=1S/C14H22N2O2/c1-4-12-7-11(9-17)8-13(15-12)16-5-6-18-10-14(16,2)3/h7-8,17H,4-6,9-10H2,1-3H3. The van der Waals surface area contributed by atoms with Crippen LogP contribution in [-0.4, -0.2) is 35.4 Å². The predicted octanol–water partition coefficient (Wildman–Crippen LogP) is 1.75. The normalized spacial score (nSPS) is 19.0. The molecule has 0 atom stereocenters. The number of aliphatic hydroxyl groups excluding tert-OH is 1. The topological polar surface area (TPSA) is 45.6 Å². The molecule has 0 aromatic carbocycles. The van der Waals surface area contributed by atoms with Crippen molar-refractivity contribution in [1.29, 1.82) is 0 Å². The number of hydrogen-bond donors (Lipinski definition) is 1. The SMILES string of the molecule is CCc1cc(CO)cc(N2CCOCC2(C)C)n1. The first-order chi connectivity index (χ1) is 8.56. The van der Waals surface area contributed by atoms with Crippen molar-refractivity contribution >= 4 is 5.82 Å². The summed E-state index contributed by atoms with van der Waals surface area (Å²) >= 11 is 0. The van der Waals surface area contributed by atoms with Gasteiger partial charge >= 0.3 is 0 Å². The van der Waals surface area contributed by atoms with Crippen molar-refractivity contribution in [1.82, 2.24) is 4.98 Å². The summed E-state index contributed by atoms with van der Waals surface area (Å²) in [7, 11) is 0. The average molecular weight is 250 g/mol. The molecule has 2 rings (SSSR count). The molecule has 18 heavy (non-hydrogen) atoms. The molecular formula is C14H22N2O2. The zero-order valence-corrected chi connectivity index (χ0v) is 11.4. The van der Waals surface area contributed by atoms with Gasteiger partial charge in [-0.1, -0.05) is 6.92 Å². The zero-order valence-electron chi connectivity index (χ0n) is 11.4. The van der Waals surface area contributed by atoms with Gasteiger partial charge in [-0.3, -0.25) is 0 Å². The van der Waals surface area contributed by atoms with E-state index in [-0.39, 0.29) is 12.1 Å². The molecule has 0 bridgehead atoms. The fourth-order valence-corrected chi connectivity index (χ4v) is 2.33. The molecule has 0 amide bonds.